The van der Waals surface area contributed by atoms with Crippen molar-refractivity contribution in [1.82, 2.24) is 4.57 Å². The fourth-order valence-corrected chi connectivity index (χ4v) is 4.15. The number of hydrogen-bond donors (Lipinski definition) is 0. The van der Waals surface area contributed by atoms with Crippen molar-refractivity contribution in [2.45, 2.75) is 20.4 Å². The number of thiazole rings is 1. The summed E-state index contributed by atoms with van der Waals surface area (Å²) >= 11 is 13.7. The van der Waals surface area contributed by atoms with Crippen LogP contribution in [-0.4, -0.2) is 17.6 Å². The van der Waals surface area contributed by atoms with Crippen LogP contribution in [-0.2, 0) is 6.54 Å². The standard InChI is InChI=1S/C20H18Cl2N2O2S/c1-4-24-18(14-7-10-16(21)17(22)11-14)12(2)27-20(24)23-19(25)13-5-8-15(26-3)9-6-13/h5-11H,4H2,1-3H3. The summed E-state index contributed by atoms with van der Waals surface area (Å²) in [6.07, 6.45) is 0. The Bertz CT molecular complexity index is 1050. The molecule has 0 N–H and O–H groups in total. The van der Waals surface area contributed by atoms with Gasteiger partial charge in [-0.2, -0.15) is 4.99 Å². The number of carbonyl (C=O) groups is 1. The zero-order chi connectivity index (χ0) is 19.6. The third kappa shape index (κ3) is 4.10. The zero-order valence-corrected chi connectivity index (χ0v) is 17.5. The number of carbonyl (C=O) groups excluding carboxylic acids is 1. The molecule has 1 heterocycles. The minimum Gasteiger partial charge on any atom is -0.497 e. The van der Waals surface area contributed by atoms with Gasteiger partial charge in [0.05, 0.1) is 22.8 Å². The van der Waals surface area contributed by atoms with Gasteiger partial charge in [0.2, 0.25) is 0 Å². The van der Waals surface area contributed by atoms with Crippen LogP contribution < -0.4 is 9.54 Å². The van der Waals surface area contributed by atoms with Gasteiger partial charge in [-0.3, -0.25) is 4.79 Å². The summed E-state index contributed by atoms with van der Waals surface area (Å²) in [4.78, 5) is 18.6. The van der Waals surface area contributed by atoms with Crippen LogP contribution in [0.25, 0.3) is 11.3 Å². The molecule has 140 valence electrons. The molecule has 0 atom stereocenters. The molecule has 3 aromatic rings. The summed E-state index contributed by atoms with van der Waals surface area (Å²) in [7, 11) is 1.59. The van der Waals surface area contributed by atoms with Crippen molar-refractivity contribution in [3.05, 3.63) is 67.8 Å². The second kappa shape index (κ2) is 8.30. The van der Waals surface area contributed by atoms with Gasteiger partial charge in [-0.1, -0.05) is 29.3 Å². The molecule has 0 fully saturated rings. The molecule has 0 unspecified atom stereocenters. The van der Waals surface area contributed by atoms with Crippen LogP contribution in [0, 0.1) is 6.92 Å². The summed E-state index contributed by atoms with van der Waals surface area (Å²) in [6, 6.07) is 12.4. The third-order valence-electron chi connectivity index (χ3n) is 4.12. The molecule has 0 aliphatic rings. The van der Waals surface area contributed by atoms with E-state index in [1.807, 2.05) is 30.5 Å². The first-order chi connectivity index (χ1) is 12.9. The lowest BCUT2D eigenvalue weighted by molar-refractivity contribution is 0.0998. The maximum atomic E-state index is 12.6. The minimum atomic E-state index is -0.290. The van der Waals surface area contributed by atoms with Gasteiger partial charge in [0.15, 0.2) is 4.80 Å². The van der Waals surface area contributed by atoms with E-state index in [1.54, 1.807) is 37.4 Å². The zero-order valence-electron chi connectivity index (χ0n) is 15.1. The quantitative estimate of drug-likeness (QED) is 0.550. The second-order valence-electron chi connectivity index (χ2n) is 5.81. The van der Waals surface area contributed by atoms with E-state index < -0.39 is 0 Å². The summed E-state index contributed by atoms with van der Waals surface area (Å²) in [5.41, 5.74) is 2.45. The molecular weight excluding hydrogens is 403 g/mol. The largest absolute Gasteiger partial charge is 0.497 e. The van der Waals surface area contributed by atoms with Crippen molar-refractivity contribution in [2.75, 3.05) is 7.11 Å². The minimum absolute atomic E-state index is 0.290. The van der Waals surface area contributed by atoms with Gasteiger partial charge in [-0.25, -0.2) is 0 Å². The number of aromatic nitrogens is 1. The first-order valence-corrected chi connectivity index (χ1v) is 9.90. The number of methoxy groups -OCH3 is 1. The predicted octanol–water partition coefficient (Wildman–Crippen LogP) is 5.60. The molecule has 3 rings (SSSR count). The number of nitrogens with zero attached hydrogens (tertiary/aromatic N) is 2. The number of aryl methyl sites for hydroxylation is 1. The van der Waals surface area contributed by atoms with Crippen LogP contribution in [0.2, 0.25) is 10.0 Å². The van der Waals surface area contributed by atoms with Gasteiger partial charge in [0.1, 0.15) is 5.75 Å². The van der Waals surface area contributed by atoms with Crippen LogP contribution in [0.15, 0.2) is 47.5 Å². The van der Waals surface area contributed by atoms with E-state index in [-0.39, 0.29) is 5.91 Å². The van der Waals surface area contributed by atoms with Gasteiger partial charge >= 0.3 is 0 Å². The van der Waals surface area contributed by atoms with E-state index in [2.05, 4.69) is 4.99 Å². The number of rotatable bonds is 4. The van der Waals surface area contributed by atoms with Crippen LogP contribution in [0.1, 0.15) is 22.2 Å². The van der Waals surface area contributed by atoms with Crippen LogP contribution >= 0.6 is 34.5 Å². The highest BCUT2D eigenvalue weighted by Crippen LogP contribution is 2.31. The molecule has 1 amide bonds. The lowest BCUT2D eigenvalue weighted by Crippen LogP contribution is -2.17. The monoisotopic (exact) mass is 420 g/mol. The normalized spacial score (nSPS) is 11.7. The molecule has 27 heavy (non-hydrogen) atoms. The van der Waals surface area contributed by atoms with Crippen LogP contribution in [0.3, 0.4) is 0 Å². The van der Waals surface area contributed by atoms with Gasteiger partial charge in [-0.05, 0) is 50.2 Å². The lowest BCUT2D eigenvalue weighted by Gasteiger charge is -2.08. The number of ether oxygens (including phenoxy) is 1. The topological polar surface area (TPSA) is 43.6 Å². The van der Waals surface area contributed by atoms with E-state index in [0.717, 1.165) is 16.1 Å². The van der Waals surface area contributed by atoms with Crippen molar-refractivity contribution in [3.63, 3.8) is 0 Å². The highest BCUT2D eigenvalue weighted by atomic mass is 35.5. The highest BCUT2D eigenvalue weighted by molar-refractivity contribution is 7.09. The second-order valence-corrected chi connectivity index (χ2v) is 7.80. The number of benzene rings is 2. The van der Waals surface area contributed by atoms with E-state index >= 15 is 0 Å². The average molecular weight is 421 g/mol. The molecule has 2 aromatic carbocycles. The Hall–Kier alpha value is -2.08. The molecule has 1 aromatic heterocycles. The smallest absolute Gasteiger partial charge is 0.279 e. The van der Waals surface area contributed by atoms with Crippen LogP contribution in [0.5, 0.6) is 5.75 Å². The van der Waals surface area contributed by atoms with Gasteiger partial charge in [-0.15, -0.1) is 11.3 Å². The number of hydrogen-bond acceptors (Lipinski definition) is 3. The van der Waals surface area contributed by atoms with Crippen molar-refractivity contribution in [3.8, 4) is 17.0 Å². The highest BCUT2D eigenvalue weighted by Gasteiger charge is 2.14. The Morgan fingerprint density at radius 3 is 2.44 bits per heavy atom. The Labute approximate surface area is 171 Å². The molecule has 0 bridgehead atoms. The van der Waals surface area contributed by atoms with Crippen molar-refractivity contribution in [1.29, 1.82) is 0 Å². The Kier molecular flexibility index (Phi) is 6.05. The summed E-state index contributed by atoms with van der Waals surface area (Å²) in [5, 5.41) is 1.01. The van der Waals surface area contributed by atoms with E-state index in [1.165, 1.54) is 11.3 Å². The Morgan fingerprint density at radius 2 is 1.85 bits per heavy atom. The van der Waals surface area contributed by atoms with Gasteiger partial charge in [0, 0.05) is 22.5 Å². The van der Waals surface area contributed by atoms with Crippen molar-refractivity contribution >= 4 is 40.4 Å². The average Bonchev–Trinajstić information content (AvgIpc) is 2.98. The molecule has 4 nitrogen and oxygen atoms in total. The first kappa shape index (κ1) is 19.7. The lowest BCUT2D eigenvalue weighted by atomic mass is 10.1. The molecular formula is C20H18Cl2N2O2S. The van der Waals surface area contributed by atoms with Crippen molar-refractivity contribution in [2.24, 2.45) is 4.99 Å². The fraction of sp³-hybridized carbons (Fsp3) is 0.200. The molecule has 0 spiro atoms. The van der Waals surface area contributed by atoms with E-state index in [0.29, 0.717) is 32.7 Å². The molecule has 7 heteroatoms. The van der Waals surface area contributed by atoms with Gasteiger partial charge < -0.3 is 9.30 Å². The maximum Gasteiger partial charge on any atom is 0.279 e. The molecule has 0 radical (unpaired) electrons. The molecule has 0 aliphatic heterocycles. The third-order valence-corrected chi connectivity index (χ3v) is 5.85. The van der Waals surface area contributed by atoms with E-state index in [9.17, 15) is 4.79 Å². The molecule has 0 saturated carbocycles. The maximum absolute atomic E-state index is 12.6. The van der Waals surface area contributed by atoms with Crippen LogP contribution in [0.4, 0.5) is 0 Å². The van der Waals surface area contributed by atoms with E-state index in [4.69, 9.17) is 27.9 Å². The van der Waals surface area contributed by atoms with Crippen molar-refractivity contribution < 1.29 is 9.53 Å². The summed E-state index contributed by atoms with van der Waals surface area (Å²) in [6.45, 7) is 4.70. The first-order valence-electron chi connectivity index (χ1n) is 8.33. The fourth-order valence-electron chi connectivity index (χ4n) is 2.79. The number of amides is 1. The Balaban J connectivity index is 2.07. The molecule has 0 aliphatic carbocycles. The summed E-state index contributed by atoms with van der Waals surface area (Å²) in [5.74, 6) is 0.408. The van der Waals surface area contributed by atoms with Gasteiger partial charge in [0.25, 0.3) is 5.91 Å². The Morgan fingerprint density at radius 1 is 1.15 bits per heavy atom. The molecule has 0 saturated heterocycles. The predicted molar refractivity (Wildman–Crippen MR) is 111 cm³/mol. The SMILES string of the molecule is CCn1c(-c2ccc(Cl)c(Cl)c2)c(C)sc1=NC(=O)c1ccc(OC)cc1. The summed E-state index contributed by atoms with van der Waals surface area (Å²) < 4.78 is 7.14. The number of halogens is 2.